The molecule has 1 aliphatic rings. The fourth-order valence-electron chi connectivity index (χ4n) is 2.53. The highest BCUT2D eigenvalue weighted by Crippen LogP contribution is 2.22. The van der Waals surface area contributed by atoms with Gasteiger partial charge in [-0.05, 0) is 40.8 Å². The number of likely N-dealkylation sites (N-methyl/N-ethyl adjacent to an activating group) is 2. The van der Waals surface area contributed by atoms with E-state index in [1.807, 2.05) is 0 Å². The third kappa shape index (κ3) is 4.52. The first-order valence-electron chi connectivity index (χ1n) is 6.44. The van der Waals surface area contributed by atoms with E-state index < -0.39 is 0 Å². The second kappa shape index (κ2) is 5.86. The summed E-state index contributed by atoms with van der Waals surface area (Å²) in [4.78, 5) is 2.56. The van der Waals surface area contributed by atoms with Crippen LogP contribution < -0.4 is 5.32 Å². The van der Waals surface area contributed by atoms with Gasteiger partial charge in [0.25, 0.3) is 0 Å². The Morgan fingerprint density at radius 1 is 1.13 bits per heavy atom. The first kappa shape index (κ1) is 13.0. The van der Waals surface area contributed by atoms with E-state index in [4.69, 9.17) is 0 Å². The van der Waals surface area contributed by atoms with E-state index in [-0.39, 0.29) is 5.54 Å². The molecule has 1 saturated carbocycles. The van der Waals surface area contributed by atoms with Crippen LogP contribution >= 0.6 is 0 Å². The first-order chi connectivity index (χ1) is 7.05. The highest BCUT2D eigenvalue weighted by atomic mass is 15.2. The average Bonchev–Trinajstić information content (AvgIpc) is 2.45. The average molecular weight is 212 g/mol. The van der Waals surface area contributed by atoms with Gasteiger partial charge in [-0.2, -0.15) is 0 Å². The summed E-state index contributed by atoms with van der Waals surface area (Å²) in [5, 5.41) is 3.39. The van der Waals surface area contributed by atoms with Gasteiger partial charge >= 0.3 is 0 Å². The molecular formula is C13H28N2. The van der Waals surface area contributed by atoms with E-state index in [0.29, 0.717) is 0 Å². The number of hydrogen-bond acceptors (Lipinski definition) is 2. The van der Waals surface area contributed by atoms with Crippen molar-refractivity contribution >= 4 is 0 Å². The fourth-order valence-corrected chi connectivity index (χ4v) is 2.53. The molecule has 1 rings (SSSR count). The van der Waals surface area contributed by atoms with Gasteiger partial charge in [-0.3, -0.25) is 0 Å². The summed E-state index contributed by atoms with van der Waals surface area (Å²) in [6, 6.07) is 0.820. The molecule has 0 saturated heterocycles. The third-order valence-electron chi connectivity index (χ3n) is 3.77. The van der Waals surface area contributed by atoms with Crippen molar-refractivity contribution in [3.63, 3.8) is 0 Å². The minimum Gasteiger partial charge on any atom is -0.314 e. The minimum absolute atomic E-state index is 0.237. The highest BCUT2D eigenvalue weighted by molar-refractivity contribution is 4.82. The Morgan fingerprint density at radius 2 is 1.67 bits per heavy atom. The predicted octanol–water partition coefficient (Wildman–Crippen LogP) is 2.64. The summed E-state index contributed by atoms with van der Waals surface area (Å²) in [5.74, 6) is 0. The van der Waals surface area contributed by atoms with E-state index >= 15 is 0 Å². The van der Waals surface area contributed by atoms with Crippen molar-refractivity contribution in [2.45, 2.75) is 64.0 Å². The topological polar surface area (TPSA) is 15.3 Å². The van der Waals surface area contributed by atoms with Crippen molar-refractivity contribution in [1.29, 1.82) is 0 Å². The molecule has 0 aromatic heterocycles. The lowest BCUT2D eigenvalue weighted by Gasteiger charge is -2.35. The molecular weight excluding hydrogens is 184 g/mol. The van der Waals surface area contributed by atoms with Crippen LogP contribution in [0.25, 0.3) is 0 Å². The van der Waals surface area contributed by atoms with Crippen LogP contribution in [0.1, 0.15) is 52.4 Å². The Kier molecular flexibility index (Phi) is 5.07. The molecule has 1 N–H and O–H groups in total. The molecule has 1 fully saturated rings. The van der Waals surface area contributed by atoms with Gasteiger partial charge in [0.15, 0.2) is 0 Å². The van der Waals surface area contributed by atoms with Crippen LogP contribution in [-0.2, 0) is 0 Å². The molecule has 0 aromatic carbocycles. The molecule has 0 spiro atoms. The second-order valence-corrected chi connectivity index (χ2v) is 5.69. The van der Waals surface area contributed by atoms with Gasteiger partial charge in [-0.25, -0.2) is 0 Å². The Morgan fingerprint density at radius 3 is 2.13 bits per heavy atom. The molecule has 2 heteroatoms. The maximum atomic E-state index is 3.39. The van der Waals surface area contributed by atoms with Gasteiger partial charge < -0.3 is 10.2 Å². The Bertz CT molecular complexity index is 169. The van der Waals surface area contributed by atoms with E-state index in [0.717, 1.165) is 12.6 Å². The maximum Gasteiger partial charge on any atom is 0.0249 e. The van der Waals surface area contributed by atoms with Gasteiger partial charge in [0.1, 0.15) is 0 Å². The minimum atomic E-state index is 0.237. The zero-order valence-electron chi connectivity index (χ0n) is 11.0. The second-order valence-electron chi connectivity index (χ2n) is 5.69. The van der Waals surface area contributed by atoms with Crippen LogP contribution in [0.3, 0.4) is 0 Å². The third-order valence-corrected chi connectivity index (χ3v) is 3.77. The fraction of sp³-hybridized carbons (Fsp3) is 1.00. The SMILES string of the molecule is CNC(C)(C)CN(C)C1CCCCCC1. The summed E-state index contributed by atoms with van der Waals surface area (Å²) in [7, 11) is 4.34. The van der Waals surface area contributed by atoms with Gasteiger partial charge in [0.05, 0.1) is 0 Å². The van der Waals surface area contributed by atoms with Gasteiger partial charge in [0, 0.05) is 18.1 Å². The Balaban J connectivity index is 2.40. The quantitative estimate of drug-likeness (QED) is 0.721. The first-order valence-corrected chi connectivity index (χ1v) is 6.44. The lowest BCUT2D eigenvalue weighted by atomic mass is 10.0. The van der Waals surface area contributed by atoms with Crippen LogP contribution in [0.2, 0.25) is 0 Å². The van der Waals surface area contributed by atoms with Crippen LogP contribution in [0.5, 0.6) is 0 Å². The van der Waals surface area contributed by atoms with Crippen molar-refractivity contribution in [3.8, 4) is 0 Å². The molecule has 15 heavy (non-hydrogen) atoms. The smallest absolute Gasteiger partial charge is 0.0249 e. The zero-order chi connectivity index (χ0) is 11.3. The molecule has 0 unspecified atom stereocenters. The molecule has 0 heterocycles. The van der Waals surface area contributed by atoms with Crippen molar-refractivity contribution in [3.05, 3.63) is 0 Å². The normalized spacial score (nSPS) is 20.6. The maximum absolute atomic E-state index is 3.39. The number of rotatable bonds is 4. The van der Waals surface area contributed by atoms with Crippen molar-refractivity contribution in [1.82, 2.24) is 10.2 Å². The van der Waals surface area contributed by atoms with Crippen molar-refractivity contribution < 1.29 is 0 Å². The molecule has 2 nitrogen and oxygen atoms in total. The summed E-state index contributed by atoms with van der Waals surface area (Å²) in [5.41, 5.74) is 0.237. The van der Waals surface area contributed by atoms with E-state index in [2.05, 4.69) is 38.2 Å². The predicted molar refractivity (Wildman–Crippen MR) is 67.3 cm³/mol. The number of nitrogens with zero attached hydrogens (tertiary/aromatic N) is 1. The van der Waals surface area contributed by atoms with Gasteiger partial charge in [0.2, 0.25) is 0 Å². The molecule has 0 bridgehead atoms. The largest absolute Gasteiger partial charge is 0.314 e. The molecule has 1 aliphatic carbocycles. The zero-order valence-corrected chi connectivity index (χ0v) is 11.0. The van der Waals surface area contributed by atoms with Crippen LogP contribution in [0, 0.1) is 0 Å². The van der Waals surface area contributed by atoms with Gasteiger partial charge in [-0.1, -0.05) is 25.7 Å². The Labute approximate surface area is 95.4 Å². The Hall–Kier alpha value is -0.0800. The van der Waals surface area contributed by atoms with E-state index in [9.17, 15) is 0 Å². The standard InChI is InChI=1S/C13H28N2/c1-13(2,14-3)11-15(4)12-9-7-5-6-8-10-12/h12,14H,5-11H2,1-4H3. The lowest BCUT2D eigenvalue weighted by molar-refractivity contribution is 0.172. The molecule has 0 aromatic rings. The molecule has 0 amide bonds. The van der Waals surface area contributed by atoms with Crippen molar-refractivity contribution in [2.75, 3.05) is 20.6 Å². The number of nitrogens with one attached hydrogen (secondary N) is 1. The number of hydrogen-bond donors (Lipinski definition) is 1. The summed E-state index contributed by atoms with van der Waals surface area (Å²) < 4.78 is 0. The molecule has 90 valence electrons. The van der Waals surface area contributed by atoms with E-state index in [1.54, 1.807) is 0 Å². The monoisotopic (exact) mass is 212 g/mol. The van der Waals surface area contributed by atoms with Crippen LogP contribution in [0.15, 0.2) is 0 Å². The molecule has 0 atom stereocenters. The van der Waals surface area contributed by atoms with Crippen molar-refractivity contribution in [2.24, 2.45) is 0 Å². The van der Waals surface area contributed by atoms with Gasteiger partial charge in [-0.15, -0.1) is 0 Å². The van der Waals surface area contributed by atoms with Crippen LogP contribution in [0.4, 0.5) is 0 Å². The highest BCUT2D eigenvalue weighted by Gasteiger charge is 2.23. The lowest BCUT2D eigenvalue weighted by Crippen LogP contribution is -2.49. The summed E-state index contributed by atoms with van der Waals surface area (Å²) in [6.45, 7) is 5.70. The summed E-state index contributed by atoms with van der Waals surface area (Å²) >= 11 is 0. The molecule has 0 aliphatic heterocycles. The van der Waals surface area contributed by atoms with E-state index in [1.165, 1.54) is 38.5 Å². The summed E-state index contributed by atoms with van der Waals surface area (Å²) in [6.07, 6.45) is 8.54. The van der Waals surface area contributed by atoms with Crippen LogP contribution in [-0.4, -0.2) is 37.1 Å². The molecule has 0 radical (unpaired) electrons.